The summed E-state index contributed by atoms with van der Waals surface area (Å²) in [6.45, 7) is 8.64. The van der Waals surface area contributed by atoms with Crippen LogP contribution >= 0.6 is 0 Å². The van der Waals surface area contributed by atoms with E-state index in [0.717, 1.165) is 0 Å². The minimum atomic E-state index is -0.980. The molecule has 1 rings (SSSR count). The number of aryl methyl sites for hydroxylation is 1. The van der Waals surface area contributed by atoms with Crippen molar-refractivity contribution in [1.82, 2.24) is 5.32 Å². The fraction of sp³-hybridized carbons (Fsp3) is 0.400. The zero-order valence-electron chi connectivity index (χ0n) is 12.9. The van der Waals surface area contributed by atoms with Gasteiger partial charge in [0.15, 0.2) is 0 Å². The molecule has 1 aromatic carbocycles. The average molecular weight is 292 g/mol. The predicted octanol–water partition coefficient (Wildman–Crippen LogP) is 3.27. The summed E-state index contributed by atoms with van der Waals surface area (Å²) in [5.41, 5.74) is 0.816. The number of aromatic carboxylic acids is 1. The minimum absolute atomic E-state index is 0.228. The van der Waals surface area contributed by atoms with Crippen LogP contribution in [0.4, 0.5) is 10.5 Å². The van der Waals surface area contributed by atoms with E-state index < -0.39 is 17.7 Å². The molecule has 1 aromatic rings. The predicted molar refractivity (Wildman–Crippen MR) is 80.3 cm³/mol. The van der Waals surface area contributed by atoms with Gasteiger partial charge >= 0.3 is 12.1 Å². The van der Waals surface area contributed by atoms with Crippen molar-refractivity contribution < 1.29 is 19.4 Å². The van der Waals surface area contributed by atoms with Gasteiger partial charge in [0.2, 0.25) is 0 Å². The highest BCUT2D eigenvalue weighted by Crippen LogP contribution is 2.18. The first-order valence-corrected chi connectivity index (χ1v) is 6.48. The van der Waals surface area contributed by atoms with Crippen LogP contribution in [0.1, 0.15) is 43.6 Å². The van der Waals surface area contributed by atoms with E-state index in [9.17, 15) is 9.59 Å². The fourth-order valence-electron chi connectivity index (χ4n) is 1.63. The Bertz CT molecular complexity index is 586. The van der Waals surface area contributed by atoms with Gasteiger partial charge in [-0.05, 0) is 58.4 Å². The number of hydrogen-bond acceptors (Lipinski definition) is 4. The van der Waals surface area contributed by atoms with E-state index in [1.807, 2.05) is 0 Å². The van der Waals surface area contributed by atoms with Crippen LogP contribution in [0.25, 0.3) is 0 Å². The van der Waals surface area contributed by atoms with Crippen LogP contribution < -0.4 is 5.32 Å². The molecule has 0 saturated carbocycles. The summed E-state index contributed by atoms with van der Waals surface area (Å²) in [4.78, 5) is 26.7. The van der Waals surface area contributed by atoms with Crippen LogP contribution in [0.15, 0.2) is 23.2 Å². The maximum absolute atomic E-state index is 11.6. The number of nitrogens with one attached hydrogen (secondary N) is 1. The number of rotatable bonds is 2. The number of ether oxygens (including phenoxy) is 1. The van der Waals surface area contributed by atoms with E-state index in [-0.39, 0.29) is 5.56 Å². The van der Waals surface area contributed by atoms with E-state index >= 15 is 0 Å². The monoisotopic (exact) mass is 292 g/mol. The highest BCUT2D eigenvalue weighted by atomic mass is 16.6. The number of benzene rings is 1. The van der Waals surface area contributed by atoms with Gasteiger partial charge in [-0.2, -0.15) is 0 Å². The van der Waals surface area contributed by atoms with Crippen molar-refractivity contribution in [3.05, 3.63) is 29.3 Å². The Morgan fingerprint density at radius 3 is 2.38 bits per heavy atom. The lowest BCUT2D eigenvalue weighted by atomic mass is 10.1. The lowest BCUT2D eigenvalue weighted by Crippen LogP contribution is -2.35. The molecule has 21 heavy (non-hydrogen) atoms. The van der Waals surface area contributed by atoms with Crippen LogP contribution in [0.3, 0.4) is 0 Å². The third-order valence-corrected chi connectivity index (χ3v) is 2.42. The largest absolute Gasteiger partial charge is 0.478 e. The smallest absolute Gasteiger partial charge is 0.413 e. The van der Waals surface area contributed by atoms with Crippen LogP contribution in [0, 0.1) is 6.92 Å². The first-order valence-electron chi connectivity index (χ1n) is 6.48. The first-order chi connectivity index (χ1) is 9.58. The lowest BCUT2D eigenvalue weighted by Gasteiger charge is -2.19. The van der Waals surface area contributed by atoms with Gasteiger partial charge in [0.25, 0.3) is 0 Å². The summed E-state index contributed by atoms with van der Waals surface area (Å²) in [6, 6.07) is 4.71. The molecule has 0 atom stereocenters. The molecular weight excluding hydrogens is 272 g/mol. The molecule has 0 aliphatic heterocycles. The molecule has 0 spiro atoms. The van der Waals surface area contributed by atoms with Gasteiger partial charge in [0, 0.05) is 0 Å². The molecule has 0 heterocycles. The molecule has 2 N–H and O–H groups in total. The number of carbonyl (C=O) groups excluding carboxylic acids is 1. The summed E-state index contributed by atoms with van der Waals surface area (Å²) >= 11 is 0. The van der Waals surface area contributed by atoms with Crippen molar-refractivity contribution in [3.63, 3.8) is 0 Å². The van der Waals surface area contributed by atoms with Crippen LogP contribution in [0.2, 0.25) is 0 Å². The van der Waals surface area contributed by atoms with Gasteiger partial charge in [0.05, 0.1) is 11.3 Å². The second kappa shape index (κ2) is 6.39. The second-order valence-electron chi connectivity index (χ2n) is 5.63. The van der Waals surface area contributed by atoms with Gasteiger partial charge in [-0.1, -0.05) is 0 Å². The van der Waals surface area contributed by atoms with Crippen molar-refractivity contribution in [1.29, 1.82) is 0 Å². The number of carbonyl (C=O) groups is 2. The van der Waals surface area contributed by atoms with Crippen molar-refractivity contribution in [2.45, 2.75) is 40.2 Å². The lowest BCUT2D eigenvalue weighted by molar-refractivity contribution is 0.0562. The Hall–Kier alpha value is -2.37. The zero-order chi connectivity index (χ0) is 16.2. The quantitative estimate of drug-likeness (QED) is 0.647. The molecule has 6 heteroatoms. The SMILES string of the molecule is CC(=Nc1ccc(C(=O)O)c(C)c1)NC(=O)OC(C)(C)C. The molecule has 0 saturated heterocycles. The van der Waals surface area contributed by atoms with Crippen LogP contribution in [-0.2, 0) is 4.74 Å². The van der Waals surface area contributed by atoms with Crippen molar-refractivity contribution in [2.24, 2.45) is 4.99 Å². The third kappa shape index (κ3) is 5.64. The molecule has 0 bridgehead atoms. The van der Waals surface area contributed by atoms with Crippen LogP contribution in [-0.4, -0.2) is 28.6 Å². The van der Waals surface area contributed by atoms with Gasteiger partial charge in [-0.3, -0.25) is 5.32 Å². The molecule has 0 aromatic heterocycles. The number of amides is 1. The van der Waals surface area contributed by atoms with E-state index in [2.05, 4.69) is 10.3 Å². The first kappa shape index (κ1) is 16.7. The van der Waals surface area contributed by atoms with Gasteiger partial charge in [-0.15, -0.1) is 0 Å². The van der Waals surface area contributed by atoms with Gasteiger partial charge < -0.3 is 9.84 Å². The van der Waals surface area contributed by atoms with Crippen molar-refractivity contribution in [3.8, 4) is 0 Å². The van der Waals surface area contributed by atoms with E-state index in [0.29, 0.717) is 17.1 Å². The number of hydrogen-bond donors (Lipinski definition) is 2. The molecular formula is C15H20N2O4. The van der Waals surface area contributed by atoms with Gasteiger partial charge in [-0.25, -0.2) is 14.6 Å². The Kier molecular flexibility index (Phi) is 5.07. The zero-order valence-corrected chi connectivity index (χ0v) is 12.9. The topological polar surface area (TPSA) is 88.0 Å². The van der Waals surface area contributed by atoms with Gasteiger partial charge in [0.1, 0.15) is 11.4 Å². The Labute approximate surface area is 123 Å². The molecule has 0 fully saturated rings. The normalized spacial score (nSPS) is 12.0. The Balaban J connectivity index is 2.81. The summed E-state index contributed by atoms with van der Waals surface area (Å²) in [5.74, 6) is -0.613. The molecule has 0 aliphatic rings. The standard InChI is InChI=1S/C15H20N2O4/c1-9-8-11(6-7-12(9)13(18)19)16-10(2)17-14(20)21-15(3,4)5/h6-8H,1-5H3,(H,18,19)(H,16,17,20). The van der Waals surface area contributed by atoms with E-state index in [4.69, 9.17) is 9.84 Å². The molecule has 0 aliphatic carbocycles. The average Bonchev–Trinajstić information content (AvgIpc) is 2.24. The number of carboxylic acid groups (broad SMARTS) is 1. The Morgan fingerprint density at radius 2 is 1.90 bits per heavy atom. The van der Waals surface area contributed by atoms with Crippen molar-refractivity contribution >= 4 is 23.6 Å². The molecule has 114 valence electrons. The number of nitrogens with zero attached hydrogens (tertiary/aromatic N) is 1. The summed E-state index contributed by atoms with van der Waals surface area (Å²) in [5, 5.41) is 11.5. The maximum atomic E-state index is 11.6. The number of amidine groups is 1. The molecule has 0 radical (unpaired) electrons. The summed E-state index contributed by atoms with van der Waals surface area (Å²) in [7, 11) is 0. The summed E-state index contributed by atoms with van der Waals surface area (Å²) < 4.78 is 5.11. The molecule has 0 unspecified atom stereocenters. The Morgan fingerprint density at radius 1 is 1.29 bits per heavy atom. The fourth-order valence-corrected chi connectivity index (χ4v) is 1.63. The summed E-state index contributed by atoms with van der Waals surface area (Å²) in [6.07, 6.45) is -0.581. The number of alkyl carbamates (subject to hydrolysis) is 1. The maximum Gasteiger partial charge on any atom is 0.413 e. The number of carboxylic acids is 1. The highest BCUT2D eigenvalue weighted by molar-refractivity contribution is 5.95. The van der Waals surface area contributed by atoms with Crippen LogP contribution in [0.5, 0.6) is 0 Å². The minimum Gasteiger partial charge on any atom is -0.478 e. The van der Waals surface area contributed by atoms with E-state index in [1.165, 1.54) is 6.07 Å². The van der Waals surface area contributed by atoms with Crippen molar-refractivity contribution in [2.75, 3.05) is 0 Å². The third-order valence-electron chi connectivity index (χ3n) is 2.42. The molecule has 6 nitrogen and oxygen atoms in total. The molecule has 1 amide bonds. The second-order valence-corrected chi connectivity index (χ2v) is 5.63. The van der Waals surface area contributed by atoms with E-state index in [1.54, 1.807) is 46.8 Å². The highest BCUT2D eigenvalue weighted by Gasteiger charge is 2.16. The number of aliphatic imine (C=N–C) groups is 1.